The normalized spacial score (nSPS) is 10.8. The first-order chi connectivity index (χ1) is 9.67. The highest BCUT2D eigenvalue weighted by Crippen LogP contribution is 2.19. The van der Waals surface area contributed by atoms with Crippen LogP contribution in [-0.2, 0) is 6.42 Å². The fraction of sp³-hybridized carbons (Fsp3) is 0.556. The highest BCUT2D eigenvalue weighted by Gasteiger charge is 2.00. The van der Waals surface area contributed by atoms with Crippen LogP contribution < -0.4 is 4.74 Å². The molecule has 1 rings (SSSR count). The lowest BCUT2D eigenvalue weighted by molar-refractivity contribution is 0.301. The molecule has 0 heterocycles. The summed E-state index contributed by atoms with van der Waals surface area (Å²) in [7, 11) is 4.25. The number of unbranched alkanes of at least 4 members (excludes halogenated alkanes) is 3. The van der Waals surface area contributed by atoms with Crippen LogP contribution in [0.1, 0.15) is 43.7 Å². The van der Waals surface area contributed by atoms with Gasteiger partial charge in [-0.05, 0) is 63.2 Å². The predicted molar refractivity (Wildman–Crippen MR) is 88.4 cm³/mol. The van der Waals surface area contributed by atoms with Gasteiger partial charge in [0.25, 0.3) is 0 Å². The Kier molecular flexibility index (Phi) is 8.05. The van der Waals surface area contributed by atoms with Crippen molar-refractivity contribution in [2.45, 2.75) is 39.0 Å². The Morgan fingerprint density at radius 1 is 1.15 bits per heavy atom. The summed E-state index contributed by atoms with van der Waals surface area (Å²) in [6.45, 7) is 8.01. The van der Waals surface area contributed by atoms with Gasteiger partial charge in [0.2, 0.25) is 0 Å². The minimum absolute atomic E-state index is 0.818. The summed E-state index contributed by atoms with van der Waals surface area (Å²) < 4.78 is 5.83. The van der Waals surface area contributed by atoms with E-state index in [0.29, 0.717) is 0 Å². The van der Waals surface area contributed by atoms with E-state index in [4.69, 9.17) is 4.74 Å². The van der Waals surface area contributed by atoms with Gasteiger partial charge in [-0.25, -0.2) is 0 Å². The Morgan fingerprint density at radius 2 is 1.90 bits per heavy atom. The fourth-order valence-corrected chi connectivity index (χ4v) is 2.25. The van der Waals surface area contributed by atoms with Crippen LogP contribution in [0.3, 0.4) is 0 Å². The van der Waals surface area contributed by atoms with Gasteiger partial charge in [-0.2, -0.15) is 0 Å². The molecule has 0 aliphatic rings. The summed E-state index contributed by atoms with van der Waals surface area (Å²) in [5.74, 6) is 0.987. The third-order valence-electron chi connectivity index (χ3n) is 3.48. The highest BCUT2D eigenvalue weighted by molar-refractivity contribution is 5.54. The average Bonchev–Trinajstić information content (AvgIpc) is 2.45. The molecule has 0 spiro atoms. The van der Waals surface area contributed by atoms with Gasteiger partial charge < -0.3 is 9.64 Å². The zero-order chi connectivity index (χ0) is 14.8. The van der Waals surface area contributed by atoms with Crippen molar-refractivity contribution >= 4 is 6.08 Å². The number of nitrogens with zero attached hydrogens (tertiary/aromatic N) is 1. The van der Waals surface area contributed by atoms with Gasteiger partial charge in [0.1, 0.15) is 5.75 Å². The van der Waals surface area contributed by atoms with Crippen LogP contribution in [0, 0.1) is 0 Å². The van der Waals surface area contributed by atoms with E-state index in [1.54, 1.807) is 0 Å². The third-order valence-corrected chi connectivity index (χ3v) is 3.48. The molecule has 0 aliphatic heterocycles. The van der Waals surface area contributed by atoms with Gasteiger partial charge in [0.05, 0.1) is 6.61 Å². The molecule has 0 amide bonds. The smallest absolute Gasteiger partial charge is 0.119 e. The summed E-state index contributed by atoms with van der Waals surface area (Å²) in [6, 6.07) is 6.28. The van der Waals surface area contributed by atoms with Crippen LogP contribution in [-0.4, -0.2) is 32.1 Å². The van der Waals surface area contributed by atoms with E-state index in [2.05, 4.69) is 44.6 Å². The second kappa shape index (κ2) is 9.60. The highest BCUT2D eigenvalue weighted by atomic mass is 16.5. The van der Waals surface area contributed by atoms with Crippen LogP contribution in [0.25, 0.3) is 6.08 Å². The lowest BCUT2D eigenvalue weighted by Crippen LogP contribution is -2.12. The molecule has 0 aromatic heterocycles. The molecule has 0 N–H and O–H groups in total. The molecule has 0 atom stereocenters. The SMILES string of the molecule is C=Cc1ccc(OCCCCCCN(C)C)cc1CC. The Morgan fingerprint density at radius 3 is 2.55 bits per heavy atom. The van der Waals surface area contributed by atoms with Gasteiger partial charge in [0, 0.05) is 0 Å². The summed E-state index contributed by atoms with van der Waals surface area (Å²) in [4.78, 5) is 2.24. The van der Waals surface area contributed by atoms with Crippen molar-refractivity contribution in [3.05, 3.63) is 35.9 Å². The van der Waals surface area contributed by atoms with E-state index >= 15 is 0 Å². The molecule has 0 bridgehead atoms. The van der Waals surface area contributed by atoms with Crippen LogP contribution in [0.4, 0.5) is 0 Å². The minimum Gasteiger partial charge on any atom is -0.494 e. The fourth-order valence-electron chi connectivity index (χ4n) is 2.25. The first-order valence-corrected chi connectivity index (χ1v) is 7.70. The number of hydrogen-bond acceptors (Lipinski definition) is 2. The zero-order valence-electron chi connectivity index (χ0n) is 13.3. The molecular weight excluding hydrogens is 246 g/mol. The van der Waals surface area contributed by atoms with Crippen LogP contribution in [0.2, 0.25) is 0 Å². The topological polar surface area (TPSA) is 12.5 Å². The third kappa shape index (κ3) is 6.25. The monoisotopic (exact) mass is 275 g/mol. The van der Waals surface area contributed by atoms with E-state index in [-0.39, 0.29) is 0 Å². The zero-order valence-corrected chi connectivity index (χ0v) is 13.3. The lowest BCUT2D eigenvalue weighted by Gasteiger charge is -2.10. The van der Waals surface area contributed by atoms with E-state index in [9.17, 15) is 0 Å². The molecule has 2 nitrogen and oxygen atoms in total. The van der Waals surface area contributed by atoms with E-state index < -0.39 is 0 Å². The maximum atomic E-state index is 5.83. The van der Waals surface area contributed by atoms with Gasteiger partial charge >= 0.3 is 0 Å². The van der Waals surface area contributed by atoms with Crippen molar-refractivity contribution < 1.29 is 4.74 Å². The number of aryl methyl sites for hydroxylation is 1. The molecule has 20 heavy (non-hydrogen) atoms. The molecule has 112 valence electrons. The molecule has 0 saturated carbocycles. The van der Waals surface area contributed by atoms with Gasteiger partial charge in [-0.3, -0.25) is 0 Å². The first-order valence-electron chi connectivity index (χ1n) is 7.70. The Bertz CT molecular complexity index is 398. The van der Waals surface area contributed by atoms with Gasteiger partial charge in [-0.1, -0.05) is 38.5 Å². The van der Waals surface area contributed by atoms with Crippen molar-refractivity contribution in [1.82, 2.24) is 4.90 Å². The molecule has 1 aromatic rings. The second-order valence-electron chi connectivity index (χ2n) is 5.48. The first kappa shape index (κ1) is 16.8. The standard InChI is InChI=1S/C18H29NO/c1-5-16-11-12-18(15-17(16)6-2)20-14-10-8-7-9-13-19(3)4/h5,11-12,15H,1,6-10,13-14H2,2-4H3. The van der Waals surface area contributed by atoms with Crippen LogP contribution in [0.15, 0.2) is 24.8 Å². The number of hydrogen-bond donors (Lipinski definition) is 0. The Labute approximate surface area is 124 Å². The quantitative estimate of drug-likeness (QED) is 0.587. The van der Waals surface area contributed by atoms with E-state index in [0.717, 1.165) is 25.2 Å². The van der Waals surface area contributed by atoms with Crippen molar-refractivity contribution in [2.24, 2.45) is 0 Å². The molecule has 2 heteroatoms. The van der Waals surface area contributed by atoms with Crippen molar-refractivity contribution in [3.63, 3.8) is 0 Å². The summed E-state index contributed by atoms with van der Waals surface area (Å²) in [5, 5.41) is 0. The minimum atomic E-state index is 0.818. The molecule has 1 aromatic carbocycles. The number of rotatable bonds is 10. The summed E-state index contributed by atoms with van der Waals surface area (Å²) >= 11 is 0. The summed E-state index contributed by atoms with van der Waals surface area (Å²) in [5.41, 5.74) is 2.52. The molecule has 0 fully saturated rings. The molecule has 0 aliphatic carbocycles. The van der Waals surface area contributed by atoms with Gasteiger partial charge in [-0.15, -0.1) is 0 Å². The van der Waals surface area contributed by atoms with E-state index in [1.165, 1.54) is 36.9 Å². The second-order valence-corrected chi connectivity index (χ2v) is 5.48. The van der Waals surface area contributed by atoms with Crippen molar-refractivity contribution in [1.29, 1.82) is 0 Å². The number of benzene rings is 1. The Balaban J connectivity index is 2.23. The summed E-state index contributed by atoms with van der Waals surface area (Å²) in [6.07, 6.45) is 7.88. The van der Waals surface area contributed by atoms with Crippen LogP contribution >= 0.6 is 0 Å². The molecular formula is C18H29NO. The molecule has 0 radical (unpaired) electrons. The van der Waals surface area contributed by atoms with Crippen LogP contribution in [0.5, 0.6) is 5.75 Å². The van der Waals surface area contributed by atoms with Crippen molar-refractivity contribution in [3.8, 4) is 5.75 Å². The largest absolute Gasteiger partial charge is 0.494 e. The maximum Gasteiger partial charge on any atom is 0.119 e. The lowest BCUT2D eigenvalue weighted by atomic mass is 10.1. The van der Waals surface area contributed by atoms with Crippen molar-refractivity contribution in [2.75, 3.05) is 27.2 Å². The maximum absolute atomic E-state index is 5.83. The average molecular weight is 275 g/mol. The van der Waals surface area contributed by atoms with E-state index in [1.807, 2.05) is 12.1 Å². The van der Waals surface area contributed by atoms with Gasteiger partial charge in [0.15, 0.2) is 0 Å². The predicted octanol–water partition coefficient (Wildman–Crippen LogP) is 4.39. The Hall–Kier alpha value is -1.28. The molecule has 0 unspecified atom stereocenters. The number of ether oxygens (including phenoxy) is 1. The molecule has 0 saturated heterocycles.